The number of ether oxygens (including phenoxy) is 1. The Morgan fingerprint density at radius 3 is 2.75 bits per heavy atom. The molecular weight excluding hydrogens is 302 g/mol. The fraction of sp³-hybridized carbons (Fsp3) is 0.789. The van der Waals surface area contributed by atoms with Crippen molar-refractivity contribution in [2.24, 2.45) is 0 Å². The van der Waals surface area contributed by atoms with Gasteiger partial charge in [0.05, 0.1) is 18.9 Å². The summed E-state index contributed by atoms with van der Waals surface area (Å²) >= 11 is 0. The number of hydrogen-bond donors (Lipinski definition) is 1. The van der Waals surface area contributed by atoms with Crippen molar-refractivity contribution in [3.8, 4) is 0 Å². The first-order valence-corrected chi connectivity index (χ1v) is 9.61. The second-order valence-electron chi connectivity index (χ2n) is 7.47. The van der Waals surface area contributed by atoms with E-state index in [2.05, 4.69) is 23.8 Å². The number of nitrogens with zero attached hydrogens (tertiary/aromatic N) is 2. The van der Waals surface area contributed by atoms with E-state index in [4.69, 9.17) is 9.84 Å². The van der Waals surface area contributed by atoms with Crippen molar-refractivity contribution >= 4 is 5.91 Å². The van der Waals surface area contributed by atoms with E-state index in [1.807, 2.05) is 0 Å². The molecule has 0 aromatic carbocycles. The summed E-state index contributed by atoms with van der Waals surface area (Å²) in [6, 6.07) is 0.732. The lowest BCUT2D eigenvalue weighted by atomic mass is 10.1. The minimum atomic E-state index is 0.173. The topological polar surface area (TPSA) is 56.2 Å². The Labute approximate surface area is 145 Å². The molecule has 1 fully saturated rings. The molecule has 134 valence electrons. The largest absolute Gasteiger partial charge is 0.376 e. The molecule has 3 rings (SSSR count). The van der Waals surface area contributed by atoms with E-state index < -0.39 is 0 Å². The average Bonchev–Trinajstić information content (AvgIpc) is 2.75. The van der Waals surface area contributed by atoms with Gasteiger partial charge in [-0.25, -0.2) is 0 Å². The van der Waals surface area contributed by atoms with Gasteiger partial charge in [0.2, 0.25) is 5.91 Å². The molecule has 1 aromatic heterocycles. The van der Waals surface area contributed by atoms with Crippen LogP contribution in [-0.4, -0.2) is 28.3 Å². The molecule has 1 saturated carbocycles. The molecule has 1 aliphatic carbocycles. The number of rotatable bonds is 5. The molecule has 2 aliphatic rings. The molecule has 1 aromatic rings. The predicted octanol–water partition coefficient (Wildman–Crippen LogP) is 3.31. The summed E-state index contributed by atoms with van der Waals surface area (Å²) in [4.78, 5) is 12.3. The second-order valence-corrected chi connectivity index (χ2v) is 7.47. The summed E-state index contributed by atoms with van der Waals surface area (Å²) in [7, 11) is 0. The van der Waals surface area contributed by atoms with Gasteiger partial charge >= 0.3 is 0 Å². The zero-order valence-corrected chi connectivity index (χ0v) is 15.1. The molecule has 2 heterocycles. The van der Waals surface area contributed by atoms with Crippen LogP contribution in [0.1, 0.15) is 81.8 Å². The van der Waals surface area contributed by atoms with E-state index in [1.54, 1.807) is 0 Å². The first-order valence-electron chi connectivity index (χ1n) is 9.61. The average molecular weight is 333 g/mol. The summed E-state index contributed by atoms with van der Waals surface area (Å²) in [6.45, 7) is 5.73. The van der Waals surface area contributed by atoms with Gasteiger partial charge in [0.25, 0.3) is 0 Å². The molecule has 1 aliphatic heterocycles. The van der Waals surface area contributed by atoms with Crippen LogP contribution >= 0.6 is 0 Å². The first kappa shape index (κ1) is 17.5. The number of amides is 1. The highest BCUT2D eigenvalue weighted by Crippen LogP contribution is 2.24. The van der Waals surface area contributed by atoms with Crippen LogP contribution in [-0.2, 0) is 29.0 Å². The number of carbonyl (C=O) groups is 1. The number of nitrogens with one attached hydrogen (secondary N) is 1. The van der Waals surface area contributed by atoms with Gasteiger partial charge in [-0.15, -0.1) is 0 Å². The monoisotopic (exact) mass is 333 g/mol. The van der Waals surface area contributed by atoms with Gasteiger partial charge in [-0.3, -0.25) is 9.48 Å². The lowest BCUT2D eigenvalue weighted by Crippen LogP contribution is -2.34. The second kappa shape index (κ2) is 8.15. The highest BCUT2D eigenvalue weighted by molar-refractivity contribution is 5.76. The lowest BCUT2D eigenvalue weighted by molar-refractivity contribution is -0.121. The minimum Gasteiger partial charge on any atom is -0.376 e. The highest BCUT2D eigenvalue weighted by atomic mass is 16.5. The number of aromatic nitrogens is 2. The molecule has 1 N–H and O–H groups in total. The third-order valence-corrected chi connectivity index (χ3v) is 5.23. The third kappa shape index (κ3) is 4.18. The fourth-order valence-electron chi connectivity index (χ4n) is 3.91. The first-order chi connectivity index (χ1) is 11.6. The SMILES string of the molecule is CC(C)n1nc(CCC(=O)NC2CCCCCC2)c2c1CCOC2. The van der Waals surface area contributed by atoms with Crippen LogP contribution in [0.3, 0.4) is 0 Å². The van der Waals surface area contributed by atoms with Crippen LogP contribution in [0.25, 0.3) is 0 Å². The van der Waals surface area contributed by atoms with Crippen LogP contribution in [0, 0.1) is 0 Å². The Kier molecular flexibility index (Phi) is 5.93. The molecule has 5 nitrogen and oxygen atoms in total. The van der Waals surface area contributed by atoms with Crippen molar-refractivity contribution in [2.45, 2.75) is 90.3 Å². The number of fused-ring (bicyclic) bond motifs is 1. The molecule has 24 heavy (non-hydrogen) atoms. The normalized spacial score (nSPS) is 19.1. The molecule has 0 atom stereocenters. The van der Waals surface area contributed by atoms with Crippen molar-refractivity contribution < 1.29 is 9.53 Å². The van der Waals surface area contributed by atoms with Gasteiger partial charge in [-0.05, 0) is 26.7 Å². The number of carbonyl (C=O) groups excluding carboxylic acids is 1. The van der Waals surface area contributed by atoms with Crippen molar-refractivity contribution in [2.75, 3.05) is 6.61 Å². The molecule has 0 unspecified atom stereocenters. The Morgan fingerprint density at radius 1 is 1.29 bits per heavy atom. The quantitative estimate of drug-likeness (QED) is 0.841. The maximum Gasteiger partial charge on any atom is 0.220 e. The van der Waals surface area contributed by atoms with Crippen molar-refractivity contribution in [3.63, 3.8) is 0 Å². The highest BCUT2D eigenvalue weighted by Gasteiger charge is 2.23. The molecule has 1 amide bonds. The van der Waals surface area contributed by atoms with Gasteiger partial charge in [0.15, 0.2) is 0 Å². The van der Waals surface area contributed by atoms with E-state index in [-0.39, 0.29) is 5.91 Å². The zero-order chi connectivity index (χ0) is 16.9. The van der Waals surface area contributed by atoms with E-state index in [1.165, 1.54) is 36.9 Å². The Bertz CT molecular complexity index is 557. The smallest absolute Gasteiger partial charge is 0.220 e. The van der Waals surface area contributed by atoms with E-state index in [9.17, 15) is 4.79 Å². The van der Waals surface area contributed by atoms with Crippen LogP contribution in [0.4, 0.5) is 0 Å². The van der Waals surface area contributed by atoms with Crippen molar-refractivity contribution in [1.82, 2.24) is 15.1 Å². The van der Waals surface area contributed by atoms with Crippen LogP contribution in [0.15, 0.2) is 0 Å². The van der Waals surface area contributed by atoms with Crippen molar-refractivity contribution in [3.05, 3.63) is 17.0 Å². The number of hydrogen-bond acceptors (Lipinski definition) is 3. The maximum absolute atomic E-state index is 12.3. The summed E-state index contributed by atoms with van der Waals surface area (Å²) in [5, 5.41) is 8.02. The molecule has 0 saturated heterocycles. The Balaban J connectivity index is 1.58. The van der Waals surface area contributed by atoms with E-state index >= 15 is 0 Å². The summed E-state index contributed by atoms with van der Waals surface area (Å²) < 4.78 is 7.74. The van der Waals surface area contributed by atoms with Crippen molar-refractivity contribution in [1.29, 1.82) is 0 Å². The van der Waals surface area contributed by atoms with Gasteiger partial charge in [0.1, 0.15) is 0 Å². The molecule has 0 bridgehead atoms. The number of aryl methyl sites for hydroxylation is 1. The van der Waals surface area contributed by atoms with Gasteiger partial charge in [0, 0.05) is 42.6 Å². The van der Waals surface area contributed by atoms with Crippen LogP contribution in [0.2, 0.25) is 0 Å². The van der Waals surface area contributed by atoms with Gasteiger partial charge in [-0.1, -0.05) is 25.7 Å². The van der Waals surface area contributed by atoms with Gasteiger partial charge < -0.3 is 10.1 Å². The standard InChI is InChI=1S/C19H31N3O2/c1-14(2)22-18-11-12-24-13-16(18)17(21-22)9-10-19(23)20-15-7-5-3-4-6-8-15/h14-15H,3-13H2,1-2H3,(H,20,23). The minimum absolute atomic E-state index is 0.173. The van der Waals surface area contributed by atoms with Gasteiger partial charge in [-0.2, -0.15) is 5.10 Å². The van der Waals surface area contributed by atoms with E-state index in [0.717, 1.165) is 31.6 Å². The maximum atomic E-state index is 12.3. The molecule has 0 radical (unpaired) electrons. The summed E-state index contributed by atoms with van der Waals surface area (Å²) in [5.74, 6) is 0.173. The Hall–Kier alpha value is -1.36. The third-order valence-electron chi connectivity index (χ3n) is 5.23. The lowest BCUT2D eigenvalue weighted by Gasteiger charge is -2.17. The van der Waals surface area contributed by atoms with Crippen LogP contribution < -0.4 is 5.32 Å². The molecule has 0 spiro atoms. The zero-order valence-electron chi connectivity index (χ0n) is 15.1. The molecular formula is C19H31N3O2. The molecule has 5 heteroatoms. The van der Waals surface area contributed by atoms with E-state index in [0.29, 0.717) is 31.5 Å². The summed E-state index contributed by atoms with van der Waals surface area (Å²) in [6.07, 6.45) is 9.55. The Morgan fingerprint density at radius 2 is 2.04 bits per heavy atom. The van der Waals surface area contributed by atoms with Crippen LogP contribution in [0.5, 0.6) is 0 Å². The predicted molar refractivity (Wildman–Crippen MR) is 93.9 cm³/mol. The fourth-order valence-corrected chi connectivity index (χ4v) is 3.91. The summed E-state index contributed by atoms with van der Waals surface area (Å²) in [5.41, 5.74) is 3.57.